The number of carbonyl (C=O) groups excluding carboxylic acids is 2. The molecule has 0 radical (unpaired) electrons. The van der Waals surface area contributed by atoms with Crippen LogP contribution in [-0.4, -0.2) is 23.8 Å². The van der Waals surface area contributed by atoms with Gasteiger partial charge in [0.15, 0.2) is 23.1 Å². The summed E-state index contributed by atoms with van der Waals surface area (Å²) in [7, 11) is 1.47. The van der Waals surface area contributed by atoms with Crippen molar-refractivity contribution in [2.24, 2.45) is 11.3 Å². The molecule has 3 rings (SSSR count). The number of halogens is 1. The molecule has 2 aliphatic rings. The van der Waals surface area contributed by atoms with E-state index in [1.54, 1.807) is 25.1 Å². The number of Topliss-reactive ketones (excluding diaryl/α,β-unsaturated/α-hetero) is 1. The van der Waals surface area contributed by atoms with Crippen LogP contribution in [0.1, 0.15) is 31.7 Å². The Balaban J connectivity index is 2.26. The first-order valence-corrected chi connectivity index (χ1v) is 9.20. The van der Waals surface area contributed by atoms with E-state index in [4.69, 9.17) is 4.74 Å². The standard InChI is InChI=1S/C21H21BrO4/c1-5-12-6-7-14-19(24)11(2)8-17(23)21(14,3)18(12)13-9-15(22)20(25)16(10-13)26-4/h5-6,8-10,14,18,25H,1,7H2,2-4H3. The fraction of sp³-hybridized carbons (Fsp3) is 0.333. The van der Waals surface area contributed by atoms with Crippen LogP contribution in [0.25, 0.3) is 0 Å². The molecule has 1 aromatic carbocycles. The zero-order chi connectivity index (χ0) is 19.2. The van der Waals surface area contributed by atoms with Gasteiger partial charge in [0.1, 0.15) is 0 Å². The molecule has 4 nitrogen and oxygen atoms in total. The molecular weight excluding hydrogens is 396 g/mol. The number of aromatic hydroxyl groups is 1. The highest BCUT2D eigenvalue weighted by molar-refractivity contribution is 9.10. The second-order valence-electron chi connectivity index (χ2n) is 7.02. The number of allylic oxidation sites excluding steroid dienone is 5. The average Bonchev–Trinajstić information content (AvgIpc) is 2.61. The molecule has 0 spiro atoms. The normalized spacial score (nSPS) is 28.2. The van der Waals surface area contributed by atoms with Crippen LogP contribution < -0.4 is 4.74 Å². The Kier molecular flexibility index (Phi) is 4.69. The number of hydrogen-bond donors (Lipinski definition) is 1. The second-order valence-corrected chi connectivity index (χ2v) is 7.88. The summed E-state index contributed by atoms with van der Waals surface area (Å²) < 4.78 is 5.75. The number of hydrogen-bond acceptors (Lipinski definition) is 4. The monoisotopic (exact) mass is 416 g/mol. The predicted octanol–water partition coefficient (Wildman–Crippen LogP) is 4.48. The molecule has 0 amide bonds. The summed E-state index contributed by atoms with van der Waals surface area (Å²) in [5.41, 5.74) is 1.30. The SMILES string of the molecule is C=CC1=CCC2C(=O)C(C)=CC(=O)C2(C)C1c1cc(Br)c(O)c(OC)c1. The Morgan fingerprint density at radius 1 is 1.38 bits per heavy atom. The summed E-state index contributed by atoms with van der Waals surface area (Å²) in [6, 6.07) is 3.50. The minimum absolute atomic E-state index is 0.000294. The van der Waals surface area contributed by atoms with Crippen LogP contribution in [0, 0.1) is 11.3 Å². The molecule has 2 aliphatic carbocycles. The van der Waals surface area contributed by atoms with Crippen molar-refractivity contribution in [3.63, 3.8) is 0 Å². The van der Waals surface area contributed by atoms with E-state index in [0.717, 1.165) is 11.1 Å². The van der Waals surface area contributed by atoms with E-state index in [1.165, 1.54) is 13.2 Å². The number of phenolic OH excluding ortho intramolecular Hbond substituents is 1. The molecule has 136 valence electrons. The molecule has 0 bridgehead atoms. The summed E-state index contributed by atoms with van der Waals surface area (Å²) >= 11 is 3.35. The molecule has 26 heavy (non-hydrogen) atoms. The minimum Gasteiger partial charge on any atom is -0.503 e. The Morgan fingerprint density at radius 3 is 2.69 bits per heavy atom. The van der Waals surface area contributed by atoms with Gasteiger partial charge in [0, 0.05) is 11.8 Å². The zero-order valence-corrected chi connectivity index (χ0v) is 16.6. The van der Waals surface area contributed by atoms with Crippen molar-refractivity contribution in [1.82, 2.24) is 0 Å². The van der Waals surface area contributed by atoms with Crippen LogP contribution in [0.5, 0.6) is 11.5 Å². The van der Waals surface area contributed by atoms with E-state index in [-0.39, 0.29) is 23.2 Å². The number of phenols is 1. The van der Waals surface area contributed by atoms with E-state index in [2.05, 4.69) is 22.5 Å². The second kappa shape index (κ2) is 6.54. The molecule has 1 N–H and O–H groups in total. The van der Waals surface area contributed by atoms with Crippen molar-refractivity contribution < 1.29 is 19.4 Å². The Bertz CT molecular complexity index is 880. The fourth-order valence-electron chi connectivity index (χ4n) is 4.21. The van der Waals surface area contributed by atoms with Gasteiger partial charge >= 0.3 is 0 Å². The fourth-order valence-corrected chi connectivity index (χ4v) is 4.67. The minimum atomic E-state index is -0.906. The maximum atomic E-state index is 13.1. The number of rotatable bonds is 3. The predicted molar refractivity (Wildman–Crippen MR) is 103 cm³/mol. The first kappa shape index (κ1) is 18.6. The third-order valence-corrected chi connectivity index (χ3v) is 6.27. The summed E-state index contributed by atoms with van der Waals surface area (Å²) in [6.07, 6.45) is 5.70. The van der Waals surface area contributed by atoms with E-state index in [9.17, 15) is 14.7 Å². The Labute approximate surface area is 161 Å². The lowest BCUT2D eigenvalue weighted by atomic mass is 9.53. The van der Waals surface area contributed by atoms with Gasteiger partial charge in [-0.3, -0.25) is 9.59 Å². The summed E-state index contributed by atoms with van der Waals surface area (Å²) in [5.74, 6) is -0.497. The Hall–Kier alpha value is -2.14. The van der Waals surface area contributed by atoms with Crippen LogP contribution >= 0.6 is 15.9 Å². The van der Waals surface area contributed by atoms with E-state index in [1.807, 2.05) is 13.0 Å². The third-order valence-electron chi connectivity index (χ3n) is 5.67. The topological polar surface area (TPSA) is 63.6 Å². The summed E-state index contributed by atoms with van der Waals surface area (Å²) in [5, 5.41) is 10.1. The highest BCUT2D eigenvalue weighted by Crippen LogP contribution is 2.55. The molecule has 3 atom stereocenters. The smallest absolute Gasteiger partial charge is 0.172 e. The van der Waals surface area contributed by atoms with Crippen molar-refractivity contribution >= 4 is 27.5 Å². The lowest BCUT2D eigenvalue weighted by molar-refractivity contribution is -0.137. The number of carbonyl (C=O) groups is 2. The van der Waals surface area contributed by atoms with Crippen molar-refractivity contribution in [3.8, 4) is 11.5 Å². The molecule has 0 aromatic heterocycles. The maximum Gasteiger partial charge on any atom is 0.172 e. The number of ketones is 2. The van der Waals surface area contributed by atoms with Gasteiger partial charge in [0.05, 0.1) is 17.0 Å². The van der Waals surface area contributed by atoms with Crippen LogP contribution in [0.4, 0.5) is 0 Å². The molecule has 5 heteroatoms. The van der Waals surface area contributed by atoms with Gasteiger partial charge in [0.25, 0.3) is 0 Å². The molecule has 0 aliphatic heterocycles. The average molecular weight is 417 g/mol. The molecular formula is C21H21BrO4. The summed E-state index contributed by atoms with van der Waals surface area (Å²) in [6.45, 7) is 7.45. The van der Waals surface area contributed by atoms with Crippen molar-refractivity contribution in [2.45, 2.75) is 26.2 Å². The number of benzene rings is 1. The molecule has 1 aromatic rings. The Morgan fingerprint density at radius 2 is 2.08 bits per heavy atom. The van der Waals surface area contributed by atoms with E-state index >= 15 is 0 Å². The first-order valence-electron chi connectivity index (χ1n) is 8.41. The van der Waals surface area contributed by atoms with Crippen LogP contribution in [0.2, 0.25) is 0 Å². The first-order chi connectivity index (χ1) is 12.2. The number of methoxy groups -OCH3 is 1. The van der Waals surface area contributed by atoms with Gasteiger partial charge in [-0.15, -0.1) is 0 Å². The van der Waals surface area contributed by atoms with Gasteiger partial charge in [-0.05, 0) is 64.2 Å². The summed E-state index contributed by atoms with van der Waals surface area (Å²) in [4.78, 5) is 25.9. The van der Waals surface area contributed by atoms with Crippen LogP contribution in [0.15, 0.2) is 52.6 Å². The van der Waals surface area contributed by atoms with Gasteiger partial charge in [-0.2, -0.15) is 0 Å². The zero-order valence-electron chi connectivity index (χ0n) is 15.0. The van der Waals surface area contributed by atoms with E-state index < -0.39 is 11.3 Å². The van der Waals surface area contributed by atoms with Gasteiger partial charge < -0.3 is 9.84 Å². The van der Waals surface area contributed by atoms with Gasteiger partial charge in [0.2, 0.25) is 0 Å². The molecule has 0 fully saturated rings. The third kappa shape index (κ3) is 2.57. The largest absolute Gasteiger partial charge is 0.503 e. The highest BCUT2D eigenvalue weighted by atomic mass is 79.9. The highest BCUT2D eigenvalue weighted by Gasteiger charge is 2.54. The van der Waals surface area contributed by atoms with Crippen molar-refractivity contribution in [3.05, 3.63) is 58.1 Å². The van der Waals surface area contributed by atoms with Crippen LogP contribution in [-0.2, 0) is 9.59 Å². The quantitative estimate of drug-likeness (QED) is 0.788. The van der Waals surface area contributed by atoms with E-state index in [0.29, 0.717) is 22.2 Å². The van der Waals surface area contributed by atoms with Gasteiger partial charge in [-0.25, -0.2) is 0 Å². The number of ether oxygens (including phenoxy) is 1. The van der Waals surface area contributed by atoms with Crippen molar-refractivity contribution in [2.75, 3.05) is 7.11 Å². The van der Waals surface area contributed by atoms with Gasteiger partial charge in [-0.1, -0.05) is 25.7 Å². The molecule has 0 saturated heterocycles. The molecule has 0 heterocycles. The molecule has 3 unspecified atom stereocenters. The maximum absolute atomic E-state index is 13.1. The van der Waals surface area contributed by atoms with Crippen LogP contribution in [0.3, 0.4) is 0 Å². The lowest BCUT2D eigenvalue weighted by Gasteiger charge is -2.47. The van der Waals surface area contributed by atoms with Crippen molar-refractivity contribution in [1.29, 1.82) is 0 Å². The lowest BCUT2D eigenvalue weighted by Crippen LogP contribution is -2.49. The molecule has 0 saturated carbocycles. The number of fused-ring (bicyclic) bond motifs is 1.